The summed E-state index contributed by atoms with van der Waals surface area (Å²) < 4.78 is 9.26. The van der Waals surface area contributed by atoms with Crippen LogP contribution in [0.1, 0.15) is 56.0 Å². The van der Waals surface area contributed by atoms with Gasteiger partial charge < -0.3 is 9.30 Å². The van der Waals surface area contributed by atoms with Crippen molar-refractivity contribution in [2.45, 2.75) is 56.3 Å². The number of amidine groups is 1. The van der Waals surface area contributed by atoms with Gasteiger partial charge in [0.25, 0.3) is 0 Å². The molecule has 6 rings (SSSR count). The average Bonchev–Trinajstić information content (AvgIpc) is 3.10. The molecule has 0 bridgehead atoms. The van der Waals surface area contributed by atoms with Crippen LogP contribution >= 0.6 is 0 Å². The molecule has 4 aliphatic rings. The number of hydrazone groups is 1. The zero-order chi connectivity index (χ0) is 18.9. The summed E-state index contributed by atoms with van der Waals surface area (Å²) in [6.45, 7) is 0. The predicted molar refractivity (Wildman–Crippen MR) is 98.1 cm³/mol. The summed E-state index contributed by atoms with van der Waals surface area (Å²) in [5.74, 6) is 2.10. The van der Waals surface area contributed by atoms with E-state index in [0.717, 1.165) is 31.5 Å². The largest absolute Gasteiger partial charge is 0.372 e. The molecule has 0 radical (unpaired) electrons. The lowest BCUT2D eigenvalue weighted by atomic mass is 9.80. The summed E-state index contributed by atoms with van der Waals surface area (Å²) in [5, 5.41) is 22.7. The maximum Gasteiger partial charge on any atom is 0.208 e. The summed E-state index contributed by atoms with van der Waals surface area (Å²) >= 11 is 0. The summed E-state index contributed by atoms with van der Waals surface area (Å²) in [6, 6.07) is 0.432. The van der Waals surface area contributed by atoms with Crippen molar-refractivity contribution in [2.75, 3.05) is 12.0 Å². The normalized spacial score (nSPS) is 29.2. The Morgan fingerprint density at radius 3 is 2.96 bits per heavy atom. The molecule has 10 nitrogen and oxygen atoms in total. The van der Waals surface area contributed by atoms with Gasteiger partial charge >= 0.3 is 0 Å². The van der Waals surface area contributed by atoms with Crippen LogP contribution in [-0.4, -0.2) is 43.7 Å². The first-order chi connectivity index (χ1) is 13.8. The number of nitrogens with one attached hydrogen (secondary N) is 1. The number of hydrogen-bond donors (Lipinski definition) is 1. The van der Waals surface area contributed by atoms with Crippen molar-refractivity contribution in [3.8, 4) is 6.19 Å². The zero-order valence-corrected chi connectivity index (χ0v) is 15.6. The number of imidazole rings is 1. The van der Waals surface area contributed by atoms with Crippen molar-refractivity contribution in [3.05, 3.63) is 23.9 Å². The predicted octanol–water partition coefficient (Wildman–Crippen LogP) is 1.28. The fourth-order valence-corrected chi connectivity index (χ4v) is 5.18. The highest BCUT2D eigenvalue weighted by Gasteiger charge is 2.53. The molecule has 2 saturated carbocycles. The van der Waals surface area contributed by atoms with Crippen molar-refractivity contribution in [2.24, 2.45) is 11.0 Å². The molecule has 2 aliphatic carbocycles. The molecule has 3 unspecified atom stereocenters. The number of nitriles is 1. The molecule has 2 aromatic rings. The second-order valence-electron chi connectivity index (χ2n) is 8.05. The van der Waals surface area contributed by atoms with Gasteiger partial charge in [-0.25, -0.2) is 4.98 Å². The Kier molecular flexibility index (Phi) is 3.18. The first kappa shape index (κ1) is 16.1. The molecule has 0 saturated heterocycles. The smallest absolute Gasteiger partial charge is 0.208 e. The molecule has 2 aliphatic heterocycles. The number of ether oxygens (including phenoxy) is 1. The molecule has 0 spiro atoms. The van der Waals surface area contributed by atoms with E-state index in [1.807, 2.05) is 12.5 Å². The van der Waals surface area contributed by atoms with Gasteiger partial charge in [0.1, 0.15) is 29.0 Å². The van der Waals surface area contributed by atoms with Gasteiger partial charge in [0, 0.05) is 19.1 Å². The van der Waals surface area contributed by atoms with Crippen LogP contribution < -0.4 is 10.3 Å². The molecular formula is C18H21N9O. The van der Waals surface area contributed by atoms with E-state index in [0.29, 0.717) is 29.2 Å². The molecule has 2 aromatic heterocycles. The van der Waals surface area contributed by atoms with E-state index in [9.17, 15) is 5.26 Å². The van der Waals surface area contributed by atoms with E-state index in [1.165, 1.54) is 17.5 Å². The van der Waals surface area contributed by atoms with Crippen LogP contribution in [0.3, 0.4) is 0 Å². The van der Waals surface area contributed by atoms with Gasteiger partial charge in [0.15, 0.2) is 5.84 Å². The lowest BCUT2D eigenvalue weighted by Gasteiger charge is -2.45. The minimum absolute atomic E-state index is 0.0529. The first-order valence-electron chi connectivity index (χ1n) is 9.83. The van der Waals surface area contributed by atoms with Gasteiger partial charge in [-0.2, -0.15) is 10.4 Å². The van der Waals surface area contributed by atoms with Crippen LogP contribution in [0, 0.1) is 17.4 Å². The van der Waals surface area contributed by atoms with Gasteiger partial charge in [-0.1, -0.05) is 18.1 Å². The van der Waals surface area contributed by atoms with Gasteiger partial charge in [0.05, 0.1) is 12.5 Å². The number of hydrogen-bond acceptors (Lipinski definition) is 8. The lowest BCUT2D eigenvalue weighted by Crippen LogP contribution is -2.54. The molecule has 0 aromatic carbocycles. The van der Waals surface area contributed by atoms with Crippen molar-refractivity contribution in [3.63, 3.8) is 0 Å². The average molecular weight is 379 g/mol. The lowest BCUT2D eigenvalue weighted by molar-refractivity contribution is 0.0749. The van der Waals surface area contributed by atoms with Crippen LogP contribution in [0.2, 0.25) is 0 Å². The molecule has 2 fully saturated rings. The molecule has 10 heteroatoms. The Balaban J connectivity index is 1.50. The van der Waals surface area contributed by atoms with Crippen LogP contribution in [-0.2, 0) is 10.3 Å². The number of anilines is 1. The first-order valence-corrected chi connectivity index (χ1v) is 9.83. The Morgan fingerprint density at radius 2 is 2.18 bits per heavy atom. The molecule has 3 atom stereocenters. The fraction of sp³-hybridized carbons (Fsp3) is 0.611. The van der Waals surface area contributed by atoms with E-state index in [1.54, 1.807) is 7.11 Å². The highest BCUT2D eigenvalue weighted by atomic mass is 16.5. The van der Waals surface area contributed by atoms with E-state index >= 15 is 0 Å². The summed E-state index contributed by atoms with van der Waals surface area (Å²) in [7, 11) is 1.68. The number of methoxy groups -OCH3 is 1. The standard InChI is InChI=1S/C18H21N9O/c1-28-18(6-7-18)15-14(26(9-19)24-21-15)17-23-22-16-11-4-2-3-5-12(11)25-10-20-8-13(25)27(16)17/h8,10-12,16,22H,2-7H2,1H3. The SMILES string of the molecule is COC1(c2nnn(C#N)c2C2=NNC3C4CCCCC4n4cncc4N23)CC1. The van der Waals surface area contributed by atoms with Crippen molar-refractivity contribution < 1.29 is 4.74 Å². The van der Waals surface area contributed by atoms with Gasteiger partial charge in [-0.3, -0.25) is 10.3 Å². The van der Waals surface area contributed by atoms with E-state index in [2.05, 4.69) is 41.5 Å². The zero-order valence-electron chi connectivity index (χ0n) is 15.6. The van der Waals surface area contributed by atoms with Crippen molar-refractivity contribution >= 4 is 11.7 Å². The van der Waals surface area contributed by atoms with Crippen LogP contribution in [0.5, 0.6) is 0 Å². The Labute approximate surface area is 161 Å². The summed E-state index contributed by atoms with van der Waals surface area (Å²) in [6.07, 6.45) is 12.5. The van der Waals surface area contributed by atoms with Crippen LogP contribution in [0.25, 0.3) is 0 Å². The maximum absolute atomic E-state index is 9.65. The molecule has 0 amide bonds. The minimum Gasteiger partial charge on any atom is -0.372 e. The third-order valence-electron chi connectivity index (χ3n) is 6.75. The second kappa shape index (κ2) is 5.54. The van der Waals surface area contributed by atoms with Gasteiger partial charge in [0.2, 0.25) is 6.19 Å². The monoisotopic (exact) mass is 379 g/mol. The van der Waals surface area contributed by atoms with Gasteiger partial charge in [-0.15, -0.1) is 9.78 Å². The number of nitrogens with zero attached hydrogens (tertiary/aromatic N) is 8. The van der Waals surface area contributed by atoms with Crippen molar-refractivity contribution in [1.82, 2.24) is 30.0 Å². The van der Waals surface area contributed by atoms with E-state index < -0.39 is 5.60 Å². The number of rotatable bonds is 3. The number of aromatic nitrogens is 5. The third-order valence-corrected chi connectivity index (χ3v) is 6.75. The third kappa shape index (κ3) is 1.94. The fourth-order valence-electron chi connectivity index (χ4n) is 5.18. The quantitative estimate of drug-likeness (QED) is 0.855. The maximum atomic E-state index is 9.65. The minimum atomic E-state index is -0.464. The van der Waals surface area contributed by atoms with Crippen LogP contribution in [0.15, 0.2) is 17.6 Å². The summed E-state index contributed by atoms with van der Waals surface area (Å²) in [5.41, 5.74) is 4.18. The van der Waals surface area contributed by atoms with E-state index in [4.69, 9.17) is 4.74 Å². The topological polar surface area (TPSA) is 109 Å². The molecule has 1 N–H and O–H groups in total. The Hall–Kier alpha value is -2.93. The Morgan fingerprint density at radius 1 is 1.32 bits per heavy atom. The molecule has 28 heavy (non-hydrogen) atoms. The highest BCUT2D eigenvalue weighted by Crippen LogP contribution is 2.50. The van der Waals surface area contributed by atoms with Crippen LogP contribution in [0.4, 0.5) is 5.82 Å². The number of fused-ring (bicyclic) bond motifs is 6. The van der Waals surface area contributed by atoms with E-state index in [-0.39, 0.29) is 6.17 Å². The van der Waals surface area contributed by atoms with Crippen molar-refractivity contribution in [1.29, 1.82) is 5.26 Å². The highest BCUT2D eigenvalue weighted by molar-refractivity contribution is 6.11. The second-order valence-corrected chi connectivity index (χ2v) is 8.05. The molecule has 4 heterocycles. The molecular weight excluding hydrogens is 358 g/mol. The molecule has 144 valence electrons. The summed E-state index contributed by atoms with van der Waals surface area (Å²) in [4.78, 5) is 6.59. The van der Waals surface area contributed by atoms with Gasteiger partial charge in [-0.05, 0) is 25.7 Å². The Bertz CT molecular complexity index is 1010.